The van der Waals surface area contributed by atoms with Gasteiger partial charge in [-0.05, 0) is 49.4 Å². The van der Waals surface area contributed by atoms with Gasteiger partial charge in [0, 0.05) is 18.2 Å². The molecule has 2 nitrogen and oxygen atoms in total. The van der Waals surface area contributed by atoms with Gasteiger partial charge in [0.05, 0.1) is 11.1 Å². The molecule has 156 valence electrons. The summed E-state index contributed by atoms with van der Waals surface area (Å²) in [6.07, 6.45) is -7.33. The van der Waals surface area contributed by atoms with Crippen LogP contribution in [-0.2, 0) is 18.8 Å². The zero-order valence-electron chi connectivity index (χ0n) is 15.4. The van der Waals surface area contributed by atoms with Crippen molar-refractivity contribution in [2.24, 2.45) is 0 Å². The Bertz CT molecular complexity index is 827. The van der Waals surface area contributed by atoms with Gasteiger partial charge in [-0.1, -0.05) is 30.3 Å². The number of piperidine rings is 1. The van der Waals surface area contributed by atoms with Gasteiger partial charge in [0.2, 0.25) is 0 Å². The van der Waals surface area contributed by atoms with Gasteiger partial charge >= 0.3 is 12.4 Å². The number of rotatable bonds is 3. The fourth-order valence-electron chi connectivity index (χ4n) is 3.61. The van der Waals surface area contributed by atoms with E-state index < -0.39 is 35.0 Å². The van der Waals surface area contributed by atoms with Crippen LogP contribution in [0.15, 0.2) is 48.5 Å². The van der Waals surface area contributed by atoms with Gasteiger partial charge in [-0.2, -0.15) is 26.3 Å². The van der Waals surface area contributed by atoms with E-state index in [-0.39, 0.29) is 12.1 Å². The summed E-state index contributed by atoms with van der Waals surface area (Å²) in [5.41, 5.74) is -2.59. The maximum atomic E-state index is 13.1. The number of benzene rings is 2. The van der Waals surface area contributed by atoms with Crippen LogP contribution in [0.5, 0.6) is 0 Å². The Morgan fingerprint density at radius 2 is 1.48 bits per heavy atom. The second-order valence-electron chi connectivity index (χ2n) is 7.13. The molecule has 0 aliphatic carbocycles. The fraction of sp³-hybridized carbons (Fsp3) is 0.381. The lowest BCUT2D eigenvalue weighted by molar-refractivity contribution is -0.143. The highest BCUT2D eigenvalue weighted by atomic mass is 19.4. The highest BCUT2D eigenvalue weighted by molar-refractivity contribution is 5.95. The Morgan fingerprint density at radius 3 is 2.03 bits per heavy atom. The number of hydrogen-bond acceptors (Lipinski definition) is 1. The lowest BCUT2D eigenvalue weighted by Gasteiger charge is -2.36. The highest BCUT2D eigenvalue weighted by Crippen LogP contribution is 2.37. The van der Waals surface area contributed by atoms with Crippen LogP contribution >= 0.6 is 0 Å². The molecule has 2 aromatic rings. The SMILES string of the molecule is O=C(c1cc(C(F)(F)F)cc(C(F)(F)F)c1)N1CCCC[C@H]1Cc1ccccc1. The van der Waals surface area contributed by atoms with E-state index in [2.05, 4.69) is 0 Å². The lowest BCUT2D eigenvalue weighted by atomic mass is 9.94. The van der Waals surface area contributed by atoms with Crippen LogP contribution in [0.3, 0.4) is 0 Å². The molecule has 0 bridgehead atoms. The molecule has 1 amide bonds. The van der Waals surface area contributed by atoms with Gasteiger partial charge in [-0.3, -0.25) is 4.79 Å². The lowest BCUT2D eigenvalue weighted by Crippen LogP contribution is -2.45. The average molecular weight is 415 g/mol. The number of nitrogens with zero attached hydrogens (tertiary/aromatic N) is 1. The third kappa shape index (κ3) is 5.10. The van der Waals surface area contributed by atoms with E-state index in [1.54, 1.807) is 0 Å². The summed E-state index contributed by atoms with van der Waals surface area (Å²) in [5.74, 6) is -0.803. The van der Waals surface area contributed by atoms with Gasteiger partial charge in [-0.25, -0.2) is 0 Å². The molecular weight excluding hydrogens is 396 g/mol. The number of alkyl halides is 6. The van der Waals surface area contributed by atoms with E-state index in [4.69, 9.17) is 0 Å². The molecule has 0 spiro atoms. The summed E-state index contributed by atoms with van der Waals surface area (Å²) in [7, 11) is 0. The fourth-order valence-corrected chi connectivity index (χ4v) is 3.61. The van der Waals surface area contributed by atoms with Crippen molar-refractivity contribution >= 4 is 5.91 Å². The van der Waals surface area contributed by atoms with Gasteiger partial charge in [-0.15, -0.1) is 0 Å². The van der Waals surface area contributed by atoms with E-state index in [1.165, 1.54) is 4.90 Å². The average Bonchev–Trinajstić information content (AvgIpc) is 2.67. The Kier molecular flexibility index (Phi) is 5.91. The standard InChI is InChI=1S/C21H19F6NO/c22-20(23,24)16-11-15(12-17(13-16)21(25,26)27)19(29)28-9-5-4-8-18(28)10-14-6-2-1-3-7-14/h1-3,6-7,11-13,18H,4-5,8-10H2/t18-/m0/s1. The minimum absolute atomic E-state index is 0.0361. The summed E-state index contributed by atoms with van der Waals surface area (Å²) >= 11 is 0. The second-order valence-corrected chi connectivity index (χ2v) is 7.13. The number of carbonyl (C=O) groups is 1. The first-order chi connectivity index (χ1) is 13.6. The third-order valence-corrected chi connectivity index (χ3v) is 5.04. The summed E-state index contributed by atoms with van der Waals surface area (Å²) in [6.45, 7) is 0.300. The van der Waals surface area contributed by atoms with E-state index in [9.17, 15) is 31.1 Å². The quantitative estimate of drug-likeness (QED) is 0.567. The Labute approximate surface area is 164 Å². The van der Waals surface area contributed by atoms with Crippen LogP contribution in [0.25, 0.3) is 0 Å². The van der Waals surface area contributed by atoms with Crippen LogP contribution in [-0.4, -0.2) is 23.4 Å². The van der Waals surface area contributed by atoms with E-state index in [0.717, 1.165) is 12.0 Å². The summed E-state index contributed by atoms with van der Waals surface area (Å²) in [5, 5.41) is 0. The molecule has 1 heterocycles. The Hall–Kier alpha value is -2.51. The number of likely N-dealkylation sites (tertiary alicyclic amines) is 1. The zero-order chi connectivity index (χ0) is 21.2. The summed E-state index contributed by atoms with van der Waals surface area (Å²) in [6, 6.07) is 10.1. The monoisotopic (exact) mass is 415 g/mol. The number of carbonyl (C=O) groups excluding carboxylic acids is 1. The highest BCUT2D eigenvalue weighted by Gasteiger charge is 2.38. The molecule has 1 aliphatic heterocycles. The van der Waals surface area contributed by atoms with Crippen molar-refractivity contribution in [2.75, 3.05) is 6.54 Å². The van der Waals surface area contributed by atoms with Crippen LogP contribution in [0.4, 0.5) is 26.3 Å². The maximum Gasteiger partial charge on any atom is 0.416 e. The molecule has 0 N–H and O–H groups in total. The molecule has 0 saturated carbocycles. The molecular formula is C21H19F6NO. The molecule has 1 fully saturated rings. The van der Waals surface area contributed by atoms with Crippen molar-refractivity contribution in [3.05, 3.63) is 70.8 Å². The summed E-state index contributed by atoms with van der Waals surface area (Å²) in [4.78, 5) is 14.4. The number of hydrogen-bond donors (Lipinski definition) is 0. The molecule has 1 saturated heterocycles. The molecule has 0 radical (unpaired) electrons. The number of halogens is 6. The first kappa shape index (κ1) is 21.2. The molecule has 0 aromatic heterocycles. The van der Waals surface area contributed by atoms with Gasteiger partial charge < -0.3 is 4.90 Å². The van der Waals surface area contributed by atoms with Crippen molar-refractivity contribution in [3.8, 4) is 0 Å². The molecule has 29 heavy (non-hydrogen) atoms. The minimum Gasteiger partial charge on any atom is -0.335 e. The zero-order valence-corrected chi connectivity index (χ0v) is 15.4. The van der Waals surface area contributed by atoms with Crippen LogP contribution in [0.2, 0.25) is 0 Å². The van der Waals surface area contributed by atoms with Crippen molar-refractivity contribution in [3.63, 3.8) is 0 Å². The normalized spacial score (nSPS) is 18.0. The molecule has 2 aromatic carbocycles. The number of amides is 1. The molecule has 1 aliphatic rings. The van der Waals surface area contributed by atoms with Gasteiger partial charge in [0.1, 0.15) is 0 Å². The van der Waals surface area contributed by atoms with Crippen molar-refractivity contribution in [2.45, 2.75) is 44.1 Å². The third-order valence-electron chi connectivity index (χ3n) is 5.04. The maximum absolute atomic E-state index is 13.1. The first-order valence-corrected chi connectivity index (χ1v) is 9.20. The van der Waals surface area contributed by atoms with Crippen molar-refractivity contribution < 1.29 is 31.1 Å². The largest absolute Gasteiger partial charge is 0.416 e. The minimum atomic E-state index is -4.98. The second kappa shape index (κ2) is 8.08. The molecule has 3 rings (SSSR count). The van der Waals surface area contributed by atoms with Gasteiger partial charge in [0.15, 0.2) is 0 Å². The Balaban J connectivity index is 1.94. The van der Waals surface area contributed by atoms with Crippen LogP contribution in [0, 0.1) is 0 Å². The predicted octanol–water partition coefficient (Wildman–Crippen LogP) is 5.96. The van der Waals surface area contributed by atoms with Crippen LogP contribution in [0.1, 0.15) is 46.3 Å². The molecule has 0 unspecified atom stereocenters. The van der Waals surface area contributed by atoms with Crippen LogP contribution < -0.4 is 0 Å². The summed E-state index contributed by atoms with van der Waals surface area (Å²) < 4.78 is 78.7. The van der Waals surface area contributed by atoms with E-state index in [0.29, 0.717) is 37.9 Å². The first-order valence-electron chi connectivity index (χ1n) is 9.20. The van der Waals surface area contributed by atoms with E-state index >= 15 is 0 Å². The topological polar surface area (TPSA) is 20.3 Å². The molecule has 8 heteroatoms. The smallest absolute Gasteiger partial charge is 0.335 e. The van der Waals surface area contributed by atoms with Gasteiger partial charge in [0.25, 0.3) is 5.91 Å². The van der Waals surface area contributed by atoms with Crippen molar-refractivity contribution in [1.82, 2.24) is 4.90 Å². The van der Waals surface area contributed by atoms with E-state index in [1.807, 2.05) is 30.3 Å². The predicted molar refractivity (Wildman–Crippen MR) is 95.3 cm³/mol. The molecule has 1 atom stereocenters. The Morgan fingerprint density at radius 1 is 0.897 bits per heavy atom. The van der Waals surface area contributed by atoms with Crippen molar-refractivity contribution in [1.29, 1.82) is 0 Å².